The molecule has 2 saturated heterocycles. The Labute approximate surface area is 151 Å². The summed E-state index contributed by atoms with van der Waals surface area (Å²) in [4.78, 5) is 42.9. The van der Waals surface area contributed by atoms with Gasteiger partial charge in [0.25, 0.3) is 5.91 Å². The summed E-state index contributed by atoms with van der Waals surface area (Å²) in [6.45, 7) is 3.38. The van der Waals surface area contributed by atoms with E-state index in [0.29, 0.717) is 19.8 Å². The van der Waals surface area contributed by atoms with Crippen molar-refractivity contribution in [3.8, 4) is 0 Å². The van der Waals surface area contributed by atoms with Gasteiger partial charge in [-0.25, -0.2) is 4.90 Å². The van der Waals surface area contributed by atoms with Crippen molar-refractivity contribution in [2.24, 2.45) is 11.8 Å². The Bertz CT molecular complexity index is 643. The van der Waals surface area contributed by atoms with E-state index in [1.165, 1.54) is 21.1 Å². The maximum atomic E-state index is 12.6. The van der Waals surface area contributed by atoms with Crippen molar-refractivity contribution in [3.05, 3.63) is 22.4 Å². The standard InChI is InChI=1S/C18H23N3O3S/c22-16-13-4-1-2-5-14(13)17(23)21(16)12-19-7-9-20(10-8-19)18(24)15-6-3-11-25-15/h3,6,11,13-14H,1-2,4-5,7-10,12H2/p+1/t13-,14-/m1/s1. The quantitative estimate of drug-likeness (QED) is 0.783. The molecule has 0 spiro atoms. The maximum Gasteiger partial charge on any atom is 0.264 e. The molecule has 1 saturated carbocycles. The minimum absolute atomic E-state index is 0.0410. The molecule has 1 aromatic rings. The first-order valence-corrected chi connectivity index (χ1v) is 10.0. The third kappa shape index (κ3) is 3.11. The Hall–Kier alpha value is -1.73. The summed E-state index contributed by atoms with van der Waals surface area (Å²) in [6, 6.07) is 3.75. The Morgan fingerprint density at radius 2 is 1.76 bits per heavy atom. The van der Waals surface area contributed by atoms with Crippen molar-refractivity contribution in [2.75, 3.05) is 32.8 Å². The van der Waals surface area contributed by atoms with E-state index in [0.717, 1.165) is 43.6 Å². The number of quaternary nitrogens is 1. The molecule has 1 N–H and O–H groups in total. The molecule has 7 heteroatoms. The molecule has 25 heavy (non-hydrogen) atoms. The van der Waals surface area contributed by atoms with Crippen molar-refractivity contribution >= 4 is 29.1 Å². The average Bonchev–Trinajstić information content (AvgIpc) is 3.26. The van der Waals surface area contributed by atoms with Crippen molar-refractivity contribution in [3.63, 3.8) is 0 Å². The van der Waals surface area contributed by atoms with Gasteiger partial charge in [-0.15, -0.1) is 11.3 Å². The molecule has 4 rings (SSSR count). The molecular formula is C18H24N3O3S+. The molecule has 2 atom stereocenters. The highest BCUT2D eigenvalue weighted by molar-refractivity contribution is 7.12. The van der Waals surface area contributed by atoms with Crippen molar-refractivity contribution in [1.82, 2.24) is 9.80 Å². The van der Waals surface area contributed by atoms with Crippen LogP contribution >= 0.6 is 11.3 Å². The maximum absolute atomic E-state index is 12.6. The first-order valence-electron chi connectivity index (χ1n) is 9.16. The van der Waals surface area contributed by atoms with Crippen LogP contribution in [0.5, 0.6) is 0 Å². The lowest BCUT2D eigenvalue weighted by Crippen LogP contribution is -3.16. The third-order valence-electron chi connectivity index (χ3n) is 5.80. The number of nitrogens with zero attached hydrogens (tertiary/aromatic N) is 2. The first kappa shape index (κ1) is 16.7. The van der Waals surface area contributed by atoms with Gasteiger partial charge in [0.05, 0.1) is 42.9 Å². The molecule has 6 nitrogen and oxygen atoms in total. The number of imide groups is 1. The summed E-state index contributed by atoms with van der Waals surface area (Å²) in [6.07, 6.45) is 3.85. The van der Waals surface area contributed by atoms with Gasteiger partial charge in [0.15, 0.2) is 6.67 Å². The highest BCUT2D eigenvalue weighted by Gasteiger charge is 2.49. The summed E-state index contributed by atoms with van der Waals surface area (Å²) < 4.78 is 0. The zero-order valence-electron chi connectivity index (χ0n) is 14.3. The molecule has 2 aliphatic heterocycles. The van der Waals surface area contributed by atoms with Crippen molar-refractivity contribution < 1.29 is 19.3 Å². The zero-order chi connectivity index (χ0) is 17.4. The van der Waals surface area contributed by atoms with Crippen LogP contribution in [0.4, 0.5) is 0 Å². The van der Waals surface area contributed by atoms with Gasteiger partial charge in [-0.1, -0.05) is 18.9 Å². The van der Waals surface area contributed by atoms with E-state index in [2.05, 4.69) is 0 Å². The third-order valence-corrected chi connectivity index (χ3v) is 6.66. The molecule has 1 aromatic heterocycles. The molecule has 3 aliphatic rings. The number of nitrogens with one attached hydrogen (secondary N) is 1. The van der Waals surface area contributed by atoms with E-state index in [-0.39, 0.29) is 29.6 Å². The van der Waals surface area contributed by atoms with Crippen LogP contribution in [-0.2, 0) is 9.59 Å². The normalized spacial score (nSPS) is 27.7. The van der Waals surface area contributed by atoms with Gasteiger partial charge in [-0.3, -0.25) is 14.4 Å². The van der Waals surface area contributed by atoms with Crippen LogP contribution in [0.3, 0.4) is 0 Å². The Kier molecular flexibility index (Phi) is 4.60. The molecule has 0 radical (unpaired) electrons. The second kappa shape index (κ2) is 6.88. The number of hydrogen-bond donors (Lipinski definition) is 1. The number of amides is 3. The Balaban J connectivity index is 1.33. The van der Waals surface area contributed by atoms with Crippen LogP contribution in [0.15, 0.2) is 17.5 Å². The van der Waals surface area contributed by atoms with Gasteiger partial charge in [0, 0.05) is 0 Å². The average molecular weight is 362 g/mol. The number of carbonyl (C=O) groups excluding carboxylic acids is 3. The number of fused-ring (bicyclic) bond motifs is 1. The Morgan fingerprint density at radius 1 is 1.12 bits per heavy atom. The minimum Gasteiger partial charge on any atom is -0.327 e. The smallest absolute Gasteiger partial charge is 0.264 e. The molecule has 1 aliphatic carbocycles. The van der Waals surface area contributed by atoms with E-state index in [9.17, 15) is 14.4 Å². The van der Waals surface area contributed by atoms with E-state index in [1.54, 1.807) is 0 Å². The van der Waals surface area contributed by atoms with Crippen LogP contribution in [0.1, 0.15) is 35.4 Å². The fourth-order valence-electron chi connectivity index (χ4n) is 4.35. The number of rotatable bonds is 3. The molecular weight excluding hydrogens is 338 g/mol. The van der Waals surface area contributed by atoms with Gasteiger partial charge in [-0.2, -0.15) is 0 Å². The van der Waals surface area contributed by atoms with Crippen molar-refractivity contribution in [1.29, 1.82) is 0 Å². The molecule has 0 unspecified atom stereocenters. The lowest BCUT2D eigenvalue weighted by molar-refractivity contribution is -0.911. The SMILES string of the molecule is O=C(c1cccs1)N1CC[NH+](CN2C(=O)[C@@H]3CCCC[C@H]3C2=O)CC1. The Morgan fingerprint density at radius 3 is 2.32 bits per heavy atom. The number of thiophene rings is 1. The summed E-state index contributed by atoms with van der Waals surface area (Å²) in [5, 5.41) is 1.92. The van der Waals surface area contributed by atoms with Gasteiger partial charge in [0.1, 0.15) is 0 Å². The van der Waals surface area contributed by atoms with Gasteiger partial charge >= 0.3 is 0 Å². The first-order chi connectivity index (χ1) is 12.1. The lowest BCUT2D eigenvalue weighted by Gasteiger charge is -2.33. The molecule has 3 heterocycles. The monoisotopic (exact) mass is 362 g/mol. The fourth-order valence-corrected chi connectivity index (χ4v) is 5.04. The highest BCUT2D eigenvalue weighted by Crippen LogP contribution is 2.37. The van der Waals surface area contributed by atoms with Crippen LogP contribution in [0, 0.1) is 11.8 Å². The van der Waals surface area contributed by atoms with E-state index >= 15 is 0 Å². The van der Waals surface area contributed by atoms with Crippen LogP contribution in [0.2, 0.25) is 0 Å². The van der Waals surface area contributed by atoms with Gasteiger partial charge < -0.3 is 9.80 Å². The largest absolute Gasteiger partial charge is 0.327 e. The molecule has 0 aromatic carbocycles. The van der Waals surface area contributed by atoms with E-state index in [1.807, 2.05) is 22.4 Å². The highest BCUT2D eigenvalue weighted by atomic mass is 32.1. The topological polar surface area (TPSA) is 62.1 Å². The van der Waals surface area contributed by atoms with Crippen LogP contribution in [0.25, 0.3) is 0 Å². The lowest BCUT2D eigenvalue weighted by atomic mass is 9.81. The fraction of sp³-hybridized carbons (Fsp3) is 0.611. The summed E-state index contributed by atoms with van der Waals surface area (Å²) in [7, 11) is 0. The van der Waals surface area contributed by atoms with Gasteiger partial charge in [0.2, 0.25) is 11.8 Å². The van der Waals surface area contributed by atoms with Gasteiger partial charge in [-0.05, 0) is 24.3 Å². The second-order valence-corrected chi connectivity index (χ2v) is 8.23. The van der Waals surface area contributed by atoms with E-state index in [4.69, 9.17) is 0 Å². The zero-order valence-corrected chi connectivity index (χ0v) is 15.1. The van der Waals surface area contributed by atoms with Crippen LogP contribution in [-0.4, -0.2) is 60.4 Å². The molecule has 3 amide bonds. The minimum atomic E-state index is -0.0673. The van der Waals surface area contributed by atoms with Crippen molar-refractivity contribution in [2.45, 2.75) is 25.7 Å². The second-order valence-electron chi connectivity index (χ2n) is 7.28. The number of piperazine rings is 1. The molecule has 134 valence electrons. The van der Waals surface area contributed by atoms with E-state index < -0.39 is 0 Å². The number of carbonyl (C=O) groups is 3. The van der Waals surface area contributed by atoms with Crippen LogP contribution < -0.4 is 4.90 Å². The molecule has 0 bridgehead atoms. The number of likely N-dealkylation sites (tertiary alicyclic amines) is 1. The predicted octanol–water partition coefficient (Wildman–Crippen LogP) is 0.222. The number of hydrogen-bond acceptors (Lipinski definition) is 4. The summed E-state index contributed by atoms with van der Waals surface area (Å²) in [5.74, 6) is 0.0386. The summed E-state index contributed by atoms with van der Waals surface area (Å²) >= 11 is 1.47. The predicted molar refractivity (Wildman–Crippen MR) is 93.1 cm³/mol. The molecule has 3 fully saturated rings. The summed E-state index contributed by atoms with van der Waals surface area (Å²) in [5.41, 5.74) is 0.